The number of piperidine rings is 1. The van der Waals surface area contributed by atoms with Gasteiger partial charge < -0.3 is 10.1 Å². The SMILES string of the molecule is CCN(CC)S(=O)(=O)c1ccc(S(=O)(=O)N2CCCC(C(=O)NC3CCC(OC)CC3)C2)cc1. The second-order valence-corrected chi connectivity index (χ2v) is 12.9. The molecule has 1 amide bonds. The minimum Gasteiger partial charge on any atom is -0.381 e. The summed E-state index contributed by atoms with van der Waals surface area (Å²) in [4.78, 5) is 13.0. The van der Waals surface area contributed by atoms with Gasteiger partial charge in [0, 0.05) is 39.3 Å². The molecule has 1 unspecified atom stereocenters. The van der Waals surface area contributed by atoms with Gasteiger partial charge in [0.1, 0.15) is 0 Å². The Morgan fingerprint density at radius 1 is 1.00 bits per heavy atom. The zero-order chi connectivity index (χ0) is 24.9. The summed E-state index contributed by atoms with van der Waals surface area (Å²) in [7, 11) is -5.79. The number of methoxy groups -OCH3 is 1. The molecule has 0 radical (unpaired) electrons. The van der Waals surface area contributed by atoms with E-state index in [1.54, 1.807) is 21.0 Å². The van der Waals surface area contributed by atoms with Crippen LogP contribution in [0.5, 0.6) is 0 Å². The quantitative estimate of drug-likeness (QED) is 0.539. The van der Waals surface area contributed by atoms with Gasteiger partial charge in [-0.1, -0.05) is 13.8 Å². The van der Waals surface area contributed by atoms with Gasteiger partial charge in [-0.25, -0.2) is 16.8 Å². The van der Waals surface area contributed by atoms with E-state index >= 15 is 0 Å². The third kappa shape index (κ3) is 5.99. The Labute approximate surface area is 203 Å². The standard InChI is InChI=1S/C23H37N3O6S2/c1-4-25(5-2)33(28,29)21-12-14-22(15-13-21)34(30,31)26-16-6-7-18(17-26)23(27)24-19-8-10-20(32-3)11-9-19/h12-15,18-20H,4-11,16-17H2,1-3H3,(H,24,27). The van der Waals surface area contributed by atoms with Gasteiger partial charge in [0.05, 0.1) is 21.8 Å². The second-order valence-electron chi connectivity index (χ2n) is 8.98. The number of rotatable bonds is 9. The maximum atomic E-state index is 13.2. The summed E-state index contributed by atoms with van der Waals surface area (Å²) in [5, 5.41) is 3.10. The number of nitrogens with one attached hydrogen (secondary N) is 1. The highest BCUT2D eigenvalue weighted by Gasteiger charge is 2.35. The summed E-state index contributed by atoms with van der Waals surface area (Å²) in [6.07, 6.45) is 5.04. The van der Waals surface area contributed by atoms with Crippen molar-refractivity contribution in [1.82, 2.24) is 13.9 Å². The maximum absolute atomic E-state index is 13.2. The van der Waals surface area contributed by atoms with Crippen molar-refractivity contribution in [2.24, 2.45) is 5.92 Å². The van der Waals surface area contributed by atoms with Crippen molar-refractivity contribution in [3.8, 4) is 0 Å². The molecule has 11 heteroatoms. The molecule has 0 spiro atoms. The highest BCUT2D eigenvalue weighted by Crippen LogP contribution is 2.27. The zero-order valence-electron chi connectivity index (χ0n) is 20.3. The number of carbonyl (C=O) groups is 1. The third-order valence-electron chi connectivity index (χ3n) is 6.91. The van der Waals surface area contributed by atoms with Gasteiger partial charge in [0.15, 0.2) is 0 Å². The van der Waals surface area contributed by atoms with Crippen LogP contribution in [-0.4, -0.2) is 76.8 Å². The second kappa shape index (κ2) is 11.5. The van der Waals surface area contributed by atoms with Crippen molar-refractivity contribution in [3.63, 3.8) is 0 Å². The van der Waals surface area contributed by atoms with Crippen LogP contribution in [0.15, 0.2) is 34.1 Å². The fourth-order valence-electron chi connectivity index (χ4n) is 4.78. The average Bonchev–Trinajstić information content (AvgIpc) is 2.85. The predicted molar refractivity (Wildman–Crippen MR) is 129 cm³/mol. The minimum absolute atomic E-state index is 0.0324. The van der Waals surface area contributed by atoms with Gasteiger partial charge in [-0.15, -0.1) is 0 Å². The molecule has 1 N–H and O–H groups in total. The molecule has 2 fully saturated rings. The van der Waals surface area contributed by atoms with Crippen LogP contribution >= 0.6 is 0 Å². The lowest BCUT2D eigenvalue weighted by Crippen LogP contribution is -2.48. The first-order valence-electron chi connectivity index (χ1n) is 12.1. The molecule has 3 rings (SSSR count). The molecule has 1 saturated heterocycles. The van der Waals surface area contributed by atoms with Gasteiger partial charge >= 0.3 is 0 Å². The number of amides is 1. The third-order valence-corrected chi connectivity index (χ3v) is 10.9. The lowest BCUT2D eigenvalue weighted by atomic mass is 9.91. The number of hydrogen-bond donors (Lipinski definition) is 1. The first kappa shape index (κ1) is 27.1. The summed E-state index contributed by atoms with van der Waals surface area (Å²) in [6, 6.07) is 5.45. The van der Waals surface area contributed by atoms with Crippen LogP contribution in [0, 0.1) is 5.92 Å². The number of hydrogen-bond acceptors (Lipinski definition) is 6. The van der Waals surface area contributed by atoms with Crippen LogP contribution < -0.4 is 5.32 Å². The number of carbonyl (C=O) groups excluding carboxylic acids is 1. The summed E-state index contributed by atoms with van der Waals surface area (Å²) < 4.78 is 59.9. The Morgan fingerprint density at radius 3 is 2.15 bits per heavy atom. The summed E-state index contributed by atoms with van der Waals surface area (Å²) in [5.41, 5.74) is 0. The van der Waals surface area contributed by atoms with E-state index < -0.39 is 26.0 Å². The summed E-state index contributed by atoms with van der Waals surface area (Å²) >= 11 is 0. The predicted octanol–water partition coefficient (Wildman–Crippen LogP) is 2.19. The number of ether oxygens (including phenoxy) is 1. The molecule has 1 aliphatic carbocycles. The first-order chi connectivity index (χ1) is 16.1. The molecule has 34 heavy (non-hydrogen) atoms. The molecule has 1 saturated carbocycles. The summed E-state index contributed by atoms with van der Waals surface area (Å²) in [6.45, 7) is 4.65. The molecule has 1 aliphatic heterocycles. The van der Waals surface area contributed by atoms with Crippen LogP contribution in [-0.2, 0) is 29.6 Å². The molecular weight excluding hydrogens is 478 g/mol. The van der Waals surface area contributed by atoms with E-state index in [9.17, 15) is 21.6 Å². The Morgan fingerprint density at radius 2 is 1.59 bits per heavy atom. The van der Waals surface area contributed by atoms with E-state index in [1.807, 2.05) is 0 Å². The lowest BCUT2D eigenvalue weighted by Gasteiger charge is -2.33. The Hall–Kier alpha value is -1.53. The maximum Gasteiger partial charge on any atom is 0.243 e. The van der Waals surface area contributed by atoms with Gasteiger partial charge in [-0.2, -0.15) is 8.61 Å². The van der Waals surface area contributed by atoms with E-state index in [-0.39, 0.29) is 34.4 Å². The fraction of sp³-hybridized carbons (Fsp3) is 0.696. The lowest BCUT2D eigenvalue weighted by molar-refractivity contribution is -0.127. The largest absolute Gasteiger partial charge is 0.381 e. The molecule has 1 atom stereocenters. The van der Waals surface area contributed by atoms with E-state index in [2.05, 4.69) is 5.32 Å². The van der Waals surface area contributed by atoms with Crippen LogP contribution in [0.3, 0.4) is 0 Å². The number of sulfonamides is 2. The van der Waals surface area contributed by atoms with Crippen molar-refractivity contribution < 1.29 is 26.4 Å². The van der Waals surface area contributed by atoms with E-state index in [0.29, 0.717) is 32.5 Å². The Bertz CT molecular complexity index is 1030. The molecule has 2 aliphatic rings. The Balaban J connectivity index is 1.66. The molecule has 1 heterocycles. The molecule has 1 aromatic rings. The molecule has 1 aromatic carbocycles. The minimum atomic E-state index is -3.84. The van der Waals surface area contributed by atoms with Gasteiger partial charge in [0.2, 0.25) is 26.0 Å². The van der Waals surface area contributed by atoms with Crippen molar-refractivity contribution in [3.05, 3.63) is 24.3 Å². The van der Waals surface area contributed by atoms with Crippen molar-refractivity contribution in [2.45, 2.75) is 74.3 Å². The molecule has 192 valence electrons. The first-order valence-corrected chi connectivity index (χ1v) is 14.9. The van der Waals surface area contributed by atoms with Crippen LogP contribution in [0.1, 0.15) is 52.4 Å². The monoisotopic (exact) mass is 515 g/mol. The van der Waals surface area contributed by atoms with E-state index in [0.717, 1.165) is 25.7 Å². The summed E-state index contributed by atoms with van der Waals surface area (Å²) in [5.74, 6) is -0.493. The van der Waals surface area contributed by atoms with Crippen molar-refractivity contribution >= 4 is 26.0 Å². The molecule has 0 aromatic heterocycles. The Kier molecular flexibility index (Phi) is 9.13. The van der Waals surface area contributed by atoms with Gasteiger partial charge in [0.25, 0.3) is 0 Å². The topological polar surface area (TPSA) is 113 Å². The van der Waals surface area contributed by atoms with Crippen molar-refractivity contribution in [2.75, 3.05) is 33.3 Å². The molecule has 9 nitrogen and oxygen atoms in total. The fourth-order valence-corrected chi connectivity index (χ4v) is 7.76. The number of nitrogens with zero attached hydrogens (tertiary/aromatic N) is 2. The van der Waals surface area contributed by atoms with Crippen LogP contribution in [0.25, 0.3) is 0 Å². The van der Waals surface area contributed by atoms with Crippen LogP contribution in [0.4, 0.5) is 0 Å². The molecule has 0 bridgehead atoms. The highest BCUT2D eigenvalue weighted by atomic mass is 32.2. The normalized spacial score (nSPS) is 24.8. The van der Waals surface area contributed by atoms with Crippen LogP contribution in [0.2, 0.25) is 0 Å². The van der Waals surface area contributed by atoms with E-state index in [1.165, 1.54) is 32.9 Å². The van der Waals surface area contributed by atoms with Gasteiger partial charge in [-0.3, -0.25) is 4.79 Å². The highest BCUT2D eigenvalue weighted by molar-refractivity contribution is 7.89. The molecular formula is C23H37N3O6S2. The van der Waals surface area contributed by atoms with Crippen molar-refractivity contribution in [1.29, 1.82) is 0 Å². The zero-order valence-corrected chi connectivity index (χ0v) is 21.9. The van der Waals surface area contributed by atoms with E-state index in [4.69, 9.17) is 4.74 Å². The smallest absolute Gasteiger partial charge is 0.243 e. The average molecular weight is 516 g/mol. The number of benzene rings is 1. The van der Waals surface area contributed by atoms with Gasteiger partial charge in [-0.05, 0) is 62.8 Å².